The molecule has 4 nitrogen and oxygen atoms in total. The van der Waals surface area contributed by atoms with Crippen molar-refractivity contribution in [1.29, 1.82) is 0 Å². The third-order valence-electron chi connectivity index (χ3n) is 2.01. The Morgan fingerprint density at radius 2 is 2.25 bits per heavy atom. The highest BCUT2D eigenvalue weighted by Gasteiger charge is 2.14. The van der Waals surface area contributed by atoms with Crippen molar-refractivity contribution >= 4 is 34.3 Å². The highest BCUT2D eigenvalue weighted by Crippen LogP contribution is 2.24. The molecule has 1 aromatic carbocycles. The monoisotopic (exact) mass is 309 g/mol. The number of halogens is 2. The fraction of sp³-hybridized carbons (Fsp3) is 0.300. The minimum atomic E-state index is -1.01. The number of hydrogen-bond donors (Lipinski definition) is 2. The number of hydrogen-bond acceptors (Lipinski definition) is 3. The lowest BCUT2D eigenvalue weighted by Crippen LogP contribution is -2.32. The summed E-state index contributed by atoms with van der Waals surface area (Å²) in [5, 5.41) is 8.69. The van der Waals surface area contributed by atoms with Gasteiger partial charge in [-0.1, -0.05) is 22.0 Å². The first kappa shape index (κ1) is 15.2. The first-order valence-electron chi connectivity index (χ1n) is 4.35. The summed E-state index contributed by atoms with van der Waals surface area (Å²) in [6, 6.07) is 4.50. The van der Waals surface area contributed by atoms with Crippen molar-refractivity contribution in [1.82, 2.24) is 0 Å². The van der Waals surface area contributed by atoms with Crippen LogP contribution in [-0.4, -0.2) is 24.2 Å². The first-order chi connectivity index (χ1) is 7.04. The van der Waals surface area contributed by atoms with Crippen LogP contribution in [0.25, 0.3) is 0 Å². The van der Waals surface area contributed by atoms with E-state index in [1.165, 1.54) is 7.11 Å². The van der Waals surface area contributed by atoms with E-state index in [1.807, 2.05) is 6.07 Å². The third-order valence-corrected chi connectivity index (χ3v) is 2.50. The molecule has 0 aliphatic heterocycles. The van der Waals surface area contributed by atoms with E-state index in [0.717, 1.165) is 10.0 Å². The molecule has 0 aliphatic carbocycles. The van der Waals surface area contributed by atoms with Crippen LogP contribution in [0.2, 0.25) is 0 Å². The van der Waals surface area contributed by atoms with E-state index in [1.54, 1.807) is 12.1 Å². The maximum Gasteiger partial charge on any atom is 0.320 e. The lowest BCUT2D eigenvalue weighted by molar-refractivity contribution is -0.138. The van der Waals surface area contributed by atoms with Gasteiger partial charge in [0.25, 0.3) is 0 Å². The van der Waals surface area contributed by atoms with Crippen molar-refractivity contribution in [2.45, 2.75) is 12.5 Å². The zero-order valence-corrected chi connectivity index (χ0v) is 11.0. The van der Waals surface area contributed by atoms with Crippen molar-refractivity contribution in [3.63, 3.8) is 0 Å². The molecule has 1 atom stereocenters. The number of nitrogens with two attached hydrogens (primary N) is 1. The summed E-state index contributed by atoms with van der Waals surface area (Å²) in [5.74, 6) is -0.374. The van der Waals surface area contributed by atoms with Crippen LogP contribution in [0.3, 0.4) is 0 Å². The number of benzene rings is 1. The Kier molecular flexibility index (Phi) is 6.40. The Bertz CT molecular complexity index is 373. The molecule has 0 radical (unpaired) electrons. The molecule has 0 saturated heterocycles. The van der Waals surface area contributed by atoms with Gasteiger partial charge in [-0.3, -0.25) is 4.79 Å². The Morgan fingerprint density at radius 3 is 2.75 bits per heavy atom. The molecule has 0 aromatic heterocycles. The second-order valence-electron chi connectivity index (χ2n) is 3.11. The summed E-state index contributed by atoms with van der Waals surface area (Å²) in [4.78, 5) is 10.6. The van der Waals surface area contributed by atoms with Crippen molar-refractivity contribution in [2.75, 3.05) is 7.11 Å². The van der Waals surface area contributed by atoms with Crippen molar-refractivity contribution in [2.24, 2.45) is 5.73 Å². The summed E-state index contributed by atoms with van der Waals surface area (Å²) in [6.07, 6.45) is 0.256. The lowest BCUT2D eigenvalue weighted by atomic mass is 10.1. The zero-order valence-electron chi connectivity index (χ0n) is 8.64. The molecule has 0 fully saturated rings. The molecule has 0 spiro atoms. The number of ether oxygens (including phenoxy) is 1. The number of rotatable bonds is 4. The van der Waals surface area contributed by atoms with Gasteiger partial charge in [-0.2, -0.15) is 0 Å². The summed E-state index contributed by atoms with van der Waals surface area (Å²) >= 11 is 3.30. The Balaban J connectivity index is 0.00000225. The number of carbonyl (C=O) groups is 1. The largest absolute Gasteiger partial charge is 0.496 e. The highest BCUT2D eigenvalue weighted by atomic mass is 79.9. The van der Waals surface area contributed by atoms with E-state index in [0.29, 0.717) is 5.75 Å². The van der Waals surface area contributed by atoms with Crippen LogP contribution < -0.4 is 10.5 Å². The molecule has 0 saturated carbocycles. The van der Waals surface area contributed by atoms with Gasteiger partial charge in [0.15, 0.2) is 0 Å². The number of aliphatic carboxylic acids is 1. The molecular formula is C10H13BrClNO3. The standard InChI is InChI=1S/C10H12BrNO3.ClH/c1-15-9-5-7(11)3-2-6(9)4-8(12)10(13)14;/h2-3,5,8H,4,12H2,1H3,(H,13,14);1H. The second kappa shape index (κ2) is 6.73. The van der Waals surface area contributed by atoms with Gasteiger partial charge in [-0.15, -0.1) is 12.4 Å². The second-order valence-corrected chi connectivity index (χ2v) is 4.02. The van der Waals surface area contributed by atoms with E-state index < -0.39 is 12.0 Å². The predicted octanol–water partition coefficient (Wildman–Crippen LogP) is 1.83. The molecule has 0 amide bonds. The lowest BCUT2D eigenvalue weighted by Gasteiger charge is -2.11. The SMILES string of the molecule is COc1cc(Br)ccc1CC(N)C(=O)O.Cl. The van der Waals surface area contributed by atoms with E-state index in [-0.39, 0.29) is 18.8 Å². The fourth-order valence-corrected chi connectivity index (χ4v) is 1.55. The van der Waals surface area contributed by atoms with Crippen molar-refractivity contribution in [3.8, 4) is 5.75 Å². The van der Waals surface area contributed by atoms with Crippen LogP contribution in [0.15, 0.2) is 22.7 Å². The van der Waals surface area contributed by atoms with Gasteiger partial charge in [0.2, 0.25) is 0 Å². The van der Waals surface area contributed by atoms with E-state index in [2.05, 4.69) is 15.9 Å². The smallest absolute Gasteiger partial charge is 0.320 e. The van der Waals surface area contributed by atoms with Crippen molar-refractivity contribution in [3.05, 3.63) is 28.2 Å². The van der Waals surface area contributed by atoms with E-state index >= 15 is 0 Å². The maximum absolute atomic E-state index is 10.6. The number of carboxylic acid groups (broad SMARTS) is 1. The van der Waals surface area contributed by atoms with Gasteiger partial charge in [0, 0.05) is 10.9 Å². The molecule has 1 unspecified atom stereocenters. The molecule has 90 valence electrons. The van der Waals surface area contributed by atoms with Gasteiger partial charge >= 0.3 is 5.97 Å². The van der Waals surface area contributed by atoms with Crippen LogP contribution in [0.1, 0.15) is 5.56 Å². The van der Waals surface area contributed by atoms with Gasteiger partial charge in [0.1, 0.15) is 11.8 Å². The normalized spacial score (nSPS) is 11.4. The molecule has 0 heterocycles. The van der Waals surface area contributed by atoms with Gasteiger partial charge in [-0.05, 0) is 17.7 Å². The average molecular weight is 311 g/mol. The fourth-order valence-electron chi connectivity index (χ4n) is 1.21. The van der Waals surface area contributed by atoms with Crippen LogP contribution in [0.4, 0.5) is 0 Å². The Labute approximate surface area is 108 Å². The quantitative estimate of drug-likeness (QED) is 0.890. The summed E-state index contributed by atoms with van der Waals surface area (Å²) in [5.41, 5.74) is 6.23. The zero-order chi connectivity index (χ0) is 11.4. The minimum absolute atomic E-state index is 0. The Hall–Kier alpha value is -0.780. The maximum atomic E-state index is 10.6. The molecule has 6 heteroatoms. The van der Waals surface area contributed by atoms with E-state index in [9.17, 15) is 4.79 Å². The van der Waals surface area contributed by atoms with Crippen LogP contribution in [-0.2, 0) is 11.2 Å². The van der Waals surface area contributed by atoms with Gasteiger partial charge < -0.3 is 15.6 Å². The van der Waals surface area contributed by atoms with Gasteiger partial charge in [-0.25, -0.2) is 0 Å². The number of carboxylic acids is 1. The first-order valence-corrected chi connectivity index (χ1v) is 5.14. The number of methoxy groups -OCH3 is 1. The summed E-state index contributed by atoms with van der Waals surface area (Å²) in [7, 11) is 1.54. The van der Waals surface area contributed by atoms with Crippen molar-refractivity contribution < 1.29 is 14.6 Å². The molecule has 0 aliphatic rings. The minimum Gasteiger partial charge on any atom is -0.496 e. The highest BCUT2D eigenvalue weighted by molar-refractivity contribution is 9.10. The molecular weight excluding hydrogens is 297 g/mol. The van der Waals surface area contributed by atoms with Gasteiger partial charge in [0.05, 0.1) is 7.11 Å². The topological polar surface area (TPSA) is 72.5 Å². The predicted molar refractivity (Wildman–Crippen MR) is 67.3 cm³/mol. The molecule has 0 bridgehead atoms. The summed E-state index contributed by atoms with van der Waals surface area (Å²) in [6.45, 7) is 0. The van der Waals surface area contributed by atoms with Crippen LogP contribution in [0, 0.1) is 0 Å². The molecule has 3 N–H and O–H groups in total. The summed E-state index contributed by atoms with van der Waals surface area (Å²) < 4.78 is 6.01. The molecule has 1 rings (SSSR count). The third kappa shape index (κ3) is 4.00. The molecule has 1 aromatic rings. The molecule has 16 heavy (non-hydrogen) atoms. The van der Waals surface area contributed by atoms with E-state index in [4.69, 9.17) is 15.6 Å². The Morgan fingerprint density at radius 1 is 1.62 bits per heavy atom. The van der Waals surface area contributed by atoms with Crippen LogP contribution >= 0.6 is 28.3 Å². The van der Waals surface area contributed by atoms with Crippen LogP contribution in [0.5, 0.6) is 5.75 Å². The average Bonchev–Trinajstić information content (AvgIpc) is 2.20.